The maximum Gasteiger partial charge on any atom is 0.234 e. The van der Waals surface area contributed by atoms with Crippen molar-refractivity contribution in [3.63, 3.8) is 0 Å². The molecule has 0 amide bonds. The summed E-state index contributed by atoms with van der Waals surface area (Å²) >= 11 is 1.65. The first-order chi connectivity index (χ1) is 8.92. The van der Waals surface area contributed by atoms with Crippen molar-refractivity contribution in [3.8, 4) is 11.4 Å². The van der Waals surface area contributed by atoms with Crippen molar-refractivity contribution in [3.05, 3.63) is 29.5 Å². The van der Waals surface area contributed by atoms with Crippen molar-refractivity contribution >= 4 is 16.3 Å². The molecule has 3 aromatic heterocycles. The van der Waals surface area contributed by atoms with E-state index in [1.54, 1.807) is 23.7 Å². The van der Waals surface area contributed by atoms with Gasteiger partial charge in [-0.15, -0.1) is 10.2 Å². The zero-order valence-electron chi connectivity index (χ0n) is 9.65. The highest BCUT2D eigenvalue weighted by Crippen LogP contribution is 2.38. The second kappa shape index (κ2) is 3.84. The van der Waals surface area contributed by atoms with Gasteiger partial charge in [0.25, 0.3) is 0 Å². The van der Waals surface area contributed by atoms with Gasteiger partial charge in [0, 0.05) is 23.9 Å². The minimum Gasteiger partial charge on any atom is -0.264 e. The van der Waals surface area contributed by atoms with Crippen LogP contribution in [0.3, 0.4) is 0 Å². The zero-order chi connectivity index (χ0) is 11.9. The van der Waals surface area contributed by atoms with Crippen molar-refractivity contribution < 1.29 is 0 Å². The number of pyridine rings is 1. The zero-order valence-corrected chi connectivity index (χ0v) is 10.5. The van der Waals surface area contributed by atoms with E-state index in [4.69, 9.17) is 0 Å². The van der Waals surface area contributed by atoms with Gasteiger partial charge in [0.15, 0.2) is 5.82 Å². The first kappa shape index (κ1) is 10.1. The predicted octanol–water partition coefficient (Wildman–Crippen LogP) is 2.52. The topological polar surface area (TPSA) is 56.0 Å². The Hall–Kier alpha value is -1.82. The van der Waals surface area contributed by atoms with Crippen LogP contribution in [0.4, 0.5) is 0 Å². The van der Waals surface area contributed by atoms with E-state index in [2.05, 4.69) is 20.3 Å². The van der Waals surface area contributed by atoms with E-state index in [-0.39, 0.29) is 0 Å². The third-order valence-corrected chi connectivity index (χ3v) is 4.44. The first-order valence-electron chi connectivity index (χ1n) is 6.04. The Labute approximate surface area is 108 Å². The highest BCUT2D eigenvalue weighted by atomic mass is 32.1. The van der Waals surface area contributed by atoms with Crippen LogP contribution in [0.1, 0.15) is 30.2 Å². The van der Waals surface area contributed by atoms with E-state index in [0.717, 1.165) is 16.3 Å². The Kier molecular flexibility index (Phi) is 2.16. The largest absolute Gasteiger partial charge is 0.264 e. The van der Waals surface area contributed by atoms with Gasteiger partial charge in [0.2, 0.25) is 4.96 Å². The van der Waals surface area contributed by atoms with Crippen LogP contribution in [0.15, 0.2) is 24.5 Å². The molecule has 1 aliphatic rings. The molecule has 0 bridgehead atoms. The summed E-state index contributed by atoms with van der Waals surface area (Å²) in [6.45, 7) is 0. The molecule has 0 aromatic carbocycles. The molecule has 3 aromatic rings. The molecule has 4 rings (SSSR count). The molecular weight excluding hydrogens is 246 g/mol. The molecule has 6 heteroatoms. The van der Waals surface area contributed by atoms with Crippen LogP contribution in [0.5, 0.6) is 0 Å². The minimum absolute atomic E-state index is 0.637. The maximum absolute atomic E-state index is 4.65. The van der Waals surface area contributed by atoms with Gasteiger partial charge in [-0.1, -0.05) is 17.8 Å². The average Bonchev–Trinajstić information content (AvgIpc) is 2.87. The standard InChI is InChI=1S/C12H11N5S/c1-3-8(4-1)11-16-17-10(14-15-12(17)18-11)9-5-2-6-13-7-9/h2,5-8H,1,3-4H2. The highest BCUT2D eigenvalue weighted by molar-refractivity contribution is 7.16. The van der Waals surface area contributed by atoms with Crippen LogP contribution < -0.4 is 0 Å². The minimum atomic E-state index is 0.637. The van der Waals surface area contributed by atoms with Gasteiger partial charge < -0.3 is 0 Å². The molecule has 90 valence electrons. The van der Waals surface area contributed by atoms with E-state index in [0.29, 0.717) is 5.92 Å². The smallest absolute Gasteiger partial charge is 0.234 e. The molecule has 1 saturated carbocycles. The number of aromatic nitrogens is 5. The maximum atomic E-state index is 4.65. The Morgan fingerprint density at radius 1 is 1.28 bits per heavy atom. The summed E-state index contributed by atoms with van der Waals surface area (Å²) in [5, 5.41) is 14.2. The summed E-state index contributed by atoms with van der Waals surface area (Å²) in [5.74, 6) is 1.42. The van der Waals surface area contributed by atoms with E-state index in [9.17, 15) is 0 Å². The van der Waals surface area contributed by atoms with Crippen molar-refractivity contribution in [2.24, 2.45) is 0 Å². The van der Waals surface area contributed by atoms with Crippen LogP contribution in [0.25, 0.3) is 16.3 Å². The molecule has 1 aliphatic carbocycles. The third-order valence-electron chi connectivity index (χ3n) is 3.38. The predicted molar refractivity (Wildman–Crippen MR) is 68.5 cm³/mol. The molecule has 0 aliphatic heterocycles. The highest BCUT2D eigenvalue weighted by Gasteiger charge is 2.24. The van der Waals surface area contributed by atoms with Crippen molar-refractivity contribution in [2.45, 2.75) is 25.2 Å². The van der Waals surface area contributed by atoms with Gasteiger partial charge in [-0.05, 0) is 25.0 Å². The lowest BCUT2D eigenvalue weighted by Gasteiger charge is -2.21. The van der Waals surface area contributed by atoms with E-state index < -0.39 is 0 Å². The van der Waals surface area contributed by atoms with Crippen LogP contribution in [0.2, 0.25) is 0 Å². The average molecular weight is 257 g/mol. The quantitative estimate of drug-likeness (QED) is 0.708. The SMILES string of the molecule is c1cncc(-c2nnc3sc(C4CCC4)nn23)c1. The monoisotopic (exact) mass is 257 g/mol. The molecule has 3 heterocycles. The van der Waals surface area contributed by atoms with Crippen LogP contribution >= 0.6 is 11.3 Å². The van der Waals surface area contributed by atoms with Crippen LogP contribution in [-0.4, -0.2) is 24.8 Å². The fourth-order valence-corrected chi connectivity index (χ4v) is 3.13. The molecule has 0 spiro atoms. The number of rotatable bonds is 2. The molecule has 18 heavy (non-hydrogen) atoms. The first-order valence-corrected chi connectivity index (χ1v) is 6.86. The number of hydrogen-bond donors (Lipinski definition) is 0. The summed E-state index contributed by atoms with van der Waals surface area (Å²) in [4.78, 5) is 4.98. The van der Waals surface area contributed by atoms with Crippen LogP contribution in [-0.2, 0) is 0 Å². The summed E-state index contributed by atoms with van der Waals surface area (Å²) < 4.78 is 1.84. The fraction of sp³-hybridized carbons (Fsp3) is 0.333. The summed E-state index contributed by atoms with van der Waals surface area (Å²) in [5.41, 5.74) is 0.954. The van der Waals surface area contributed by atoms with Crippen molar-refractivity contribution in [1.82, 2.24) is 24.8 Å². The number of nitrogens with zero attached hydrogens (tertiary/aromatic N) is 5. The van der Waals surface area contributed by atoms with Gasteiger partial charge in [-0.25, -0.2) is 0 Å². The lowest BCUT2D eigenvalue weighted by Crippen LogP contribution is -2.08. The van der Waals surface area contributed by atoms with Gasteiger partial charge in [-0.2, -0.15) is 9.61 Å². The van der Waals surface area contributed by atoms with Crippen molar-refractivity contribution in [2.75, 3.05) is 0 Å². The molecule has 0 atom stereocenters. The summed E-state index contributed by atoms with van der Waals surface area (Å²) in [7, 11) is 0. The second-order valence-corrected chi connectivity index (χ2v) is 5.52. The molecule has 5 nitrogen and oxygen atoms in total. The molecule has 0 unspecified atom stereocenters. The van der Waals surface area contributed by atoms with Crippen molar-refractivity contribution in [1.29, 1.82) is 0 Å². The molecule has 1 fully saturated rings. The fourth-order valence-electron chi connectivity index (χ4n) is 2.13. The molecule has 0 radical (unpaired) electrons. The van der Waals surface area contributed by atoms with Gasteiger partial charge in [0.05, 0.1) is 0 Å². The Morgan fingerprint density at radius 2 is 2.22 bits per heavy atom. The molecule has 0 N–H and O–H groups in total. The normalized spacial score (nSPS) is 16.0. The summed E-state index contributed by atoms with van der Waals surface area (Å²) in [6.07, 6.45) is 7.38. The Morgan fingerprint density at radius 3 is 2.94 bits per heavy atom. The van der Waals surface area contributed by atoms with E-state index in [1.807, 2.05) is 16.6 Å². The van der Waals surface area contributed by atoms with Crippen LogP contribution in [0, 0.1) is 0 Å². The number of hydrogen-bond acceptors (Lipinski definition) is 5. The lowest BCUT2D eigenvalue weighted by molar-refractivity contribution is 0.415. The Balaban J connectivity index is 1.83. The third kappa shape index (κ3) is 1.45. The second-order valence-electron chi connectivity index (χ2n) is 4.53. The molecular formula is C12H11N5S. The number of fused-ring (bicyclic) bond motifs is 1. The lowest BCUT2D eigenvalue weighted by atomic mass is 9.86. The van der Waals surface area contributed by atoms with E-state index >= 15 is 0 Å². The van der Waals surface area contributed by atoms with E-state index in [1.165, 1.54) is 24.3 Å². The molecule has 0 saturated heterocycles. The van der Waals surface area contributed by atoms with Gasteiger partial charge in [0.1, 0.15) is 5.01 Å². The van der Waals surface area contributed by atoms with Gasteiger partial charge >= 0.3 is 0 Å². The Bertz CT molecular complexity index is 683. The van der Waals surface area contributed by atoms with Gasteiger partial charge in [-0.3, -0.25) is 4.98 Å². The summed E-state index contributed by atoms with van der Waals surface area (Å²) in [6, 6.07) is 3.88.